The second-order valence-corrected chi connectivity index (χ2v) is 12.8. The molecular formula is C27H28N4O2S2. The lowest BCUT2D eigenvalue weighted by Gasteiger charge is -2.39. The number of para-hydroxylation sites is 1. The summed E-state index contributed by atoms with van der Waals surface area (Å²) in [5, 5.41) is 12.0. The van der Waals surface area contributed by atoms with Crippen LogP contribution in [0.25, 0.3) is 32.9 Å². The highest BCUT2D eigenvalue weighted by Gasteiger charge is 2.50. The Kier molecular flexibility index (Phi) is 5.49. The molecule has 2 atom stereocenters. The predicted octanol–water partition coefficient (Wildman–Crippen LogP) is 6.53. The van der Waals surface area contributed by atoms with Crippen molar-refractivity contribution in [3.63, 3.8) is 0 Å². The van der Waals surface area contributed by atoms with Gasteiger partial charge in [-0.2, -0.15) is 0 Å². The average molecular weight is 505 g/mol. The van der Waals surface area contributed by atoms with Crippen molar-refractivity contribution in [2.75, 3.05) is 12.3 Å². The number of aromatic nitrogens is 3. The molecule has 2 fully saturated rings. The number of benzene rings is 1. The topological polar surface area (TPSA) is 72.1 Å². The van der Waals surface area contributed by atoms with Gasteiger partial charge in [-0.3, -0.25) is 4.79 Å². The van der Waals surface area contributed by atoms with E-state index < -0.39 is 0 Å². The van der Waals surface area contributed by atoms with Gasteiger partial charge >= 0.3 is 0 Å². The summed E-state index contributed by atoms with van der Waals surface area (Å²) in [4.78, 5) is 21.2. The number of rotatable bonds is 5. The fourth-order valence-corrected chi connectivity index (χ4v) is 7.57. The van der Waals surface area contributed by atoms with E-state index in [0.29, 0.717) is 22.9 Å². The Morgan fingerprint density at radius 3 is 2.86 bits per heavy atom. The smallest absolute Gasteiger partial charge is 0.277 e. The Labute approximate surface area is 213 Å². The van der Waals surface area contributed by atoms with E-state index in [4.69, 9.17) is 9.40 Å². The van der Waals surface area contributed by atoms with Crippen molar-refractivity contribution in [1.29, 1.82) is 0 Å². The molecule has 35 heavy (non-hydrogen) atoms. The van der Waals surface area contributed by atoms with Crippen LogP contribution < -0.4 is 0 Å². The minimum Gasteiger partial charge on any atom is -0.411 e. The molecule has 4 aromatic rings. The molecule has 4 heterocycles. The van der Waals surface area contributed by atoms with Crippen molar-refractivity contribution in [2.45, 2.75) is 51.3 Å². The molecule has 1 aliphatic heterocycles. The third kappa shape index (κ3) is 4.38. The van der Waals surface area contributed by atoms with Crippen LogP contribution in [-0.2, 0) is 4.79 Å². The average Bonchev–Trinajstić information content (AvgIpc) is 3.56. The van der Waals surface area contributed by atoms with Crippen LogP contribution in [0.1, 0.15) is 40.0 Å². The largest absolute Gasteiger partial charge is 0.411 e. The van der Waals surface area contributed by atoms with Crippen molar-refractivity contribution >= 4 is 39.9 Å². The third-order valence-electron chi connectivity index (χ3n) is 7.18. The van der Waals surface area contributed by atoms with E-state index >= 15 is 0 Å². The summed E-state index contributed by atoms with van der Waals surface area (Å²) in [5.41, 5.74) is 3.14. The van der Waals surface area contributed by atoms with Crippen molar-refractivity contribution in [2.24, 2.45) is 10.8 Å². The maximum atomic E-state index is 13.2. The quantitative estimate of drug-likeness (QED) is 0.288. The van der Waals surface area contributed by atoms with E-state index in [1.165, 1.54) is 18.2 Å². The van der Waals surface area contributed by atoms with Gasteiger partial charge in [0.25, 0.3) is 5.22 Å². The number of carbonyl (C=O) groups excluding carboxylic acids is 1. The van der Waals surface area contributed by atoms with E-state index in [-0.39, 0.29) is 16.7 Å². The second-order valence-electron chi connectivity index (χ2n) is 10.9. The van der Waals surface area contributed by atoms with Gasteiger partial charge in [-0.25, -0.2) is 4.98 Å². The number of fused-ring (bicyclic) bond motifs is 3. The Hall–Kier alpha value is -2.71. The minimum atomic E-state index is 0.163. The molecule has 0 N–H and O–H groups in total. The molecule has 1 saturated carbocycles. The Bertz CT molecular complexity index is 1400. The zero-order valence-corrected chi connectivity index (χ0v) is 21.8. The number of pyridine rings is 1. The number of hydrogen-bond acceptors (Lipinski definition) is 7. The fourth-order valence-electron chi connectivity index (χ4n) is 6.24. The normalized spacial score (nSPS) is 23.2. The summed E-state index contributed by atoms with van der Waals surface area (Å²) in [7, 11) is 0. The molecule has 6 nitrogen and oxygen atoms in total. The number of hydrogen-bond donors (Lipinski definition) is 0. The van der Waals surface area contributed by atoms with Gasteiger partial charge in [-0.15, -0.1) is 21.5 Å². The van der Waals surface area contributed by atoms with Gasteiger partial charge in [0, 0.05) is 18.0 Å². The molecule has 2 bridgehead atoms. The van der Waals surface area contributed by atoms with Crippen molar-refractivity contribution in [1.82, 2.24) is 20.1 Å². The predicted molar refractivity (Wildman–Crippen MR) is 140 cm³/mol. The summed E-state index contributed by atoms with van der Waals surface area (Å²) in [6.45, 7) is 7.83. The lowest BCUT2D eigenvalue weighted by Crippen LogP contribution is -2.38. The molecule has 8 heteroatoms. The summed E-state index contributed by atoms with van der Waals surface area (Å²) in [6, 6.07) is 14.4. The van der Waals surface area contributed by atoms with Gasteiger partial charge < -0.3 is 9.32 Å². The number of thiophene rings is 1. The van der Waals surface area contributed by atoms with Gasteiger partial charge in [-0.05, 0) is 53.7 Å². The van der Waals surface area contributed by atoms with Crippen LogP contribution in [0.2, 0.25) is 0 Å². The van der Waals surface area contributed by atoms with E-state index in [1.54, 1.807) is 11.3 Å². The van der Waals surface area contributed by atoms with Crippen LogP contribution in [0, 0.1) is 10.8 Å². The van der Waals surface area contributed by atoms with Crippen LogP contribution in [0.5, 0.6) is 0 Å². The first-order chi connectivity index (χ1) is 16.8. The molecule has 1 saturated heterocycles. The van der Waals surface area contributed by atoms with Crippen LogP contribution >= 0.6 is 23.1 Å². The fraction of sp³-hybridized carbons (Fsp3) is 0.407. The molecule has 1 aromatic carbocycles. The first-order valence-corrected chi connectivity index (χ1v) is 13.9. The molecule has 0 radical (unpaired) electrons. The van der Waals surface area contributed by atoms with Crippen LogP contribution in [-0.4, -0.2) is 44.3 Å². The molecule has 2 unspecified atom stereocenters. The zero-order valence-electron chi connectivity index (χ0n) is 20.2. The first kappa shape index (κ1) is 22.7. The molecular weight excluding hydrogens is 476 g/mol. The SMILES string of the molecule is CC1(C)CC2CC(C)(CN2C(=O)CSc2nnc(-c3cc(-c4cccs4)nc4ccccc34)o2)C1. The standard InChI is InChI=1S/C27H28N4O2S2/c1-26(2)12-17-13-27(3,15-26)16-31(17)23(32)14-35-25-30-29-24(33-25)19-11-21(22-9-6-10-34-22)28-20-8-5-4-7-18(19)20/h4-11,17H,12-16H2,1-3H3. The molecule has 6 rings (SSSR count). The van der Waals surface area contributed by atoms with E-state index in [1.807, 2.05) is 41.8 Å². The van der Waals surface area contributed by atoms with Crippen LogP contribution in [0.4, 0.5) is 0 Å². The van der Waals surface area contributed by atoms with E-state index in [2.05, 4.69) is 41.9 Å². The zero-order chi connectivity index (χ0) is 24.2. The molecule has 1 amide bonds. The van der Waals surface area contributed by atoms with Crippen molar-refractivity contribution in [3.8, 4) is 22.0 Å². The molecule has 0 spiro atoms. The van der Waals surface area contributed by atoms with Crippen LogP contribution in [0.3, 0.4) is 0 Å². The van der Waals surface area contributed by atoms with E-state index in [9.17, 15) is 4.79 Å². The van der Waals surface area contributed by atoms with Gasteiger partial charge in [0.05, 0.1) is 27.4 Å². The summed E-state index contributed by atoms with van der Waals surface area (Å²) < 4.78 is 6.05. The van der Waals surface area contributed by atoms with Gasteiger partial charge in [0.1, 0.15) is 0 Å². The molecule has 2 aliphatic rings. The lowest BCUT2D eigenvalue weighted by molar-refractivity contribution is -0.129. The van der Waals surface area contributed by atoms with E-state index in [0.717, 1.165) is 46.4 Å². The first-order valence-electron chi connectivity index (χ1n) is 12.0. The summed E-state index contributed by atoms with van der Waals surface area (Å²) in [6.07, 6.45) is 3.36. The summed E-state index contributed by atoms with van der Waals surface area (Å²) >= 11 is 2.97. The van der Waals surface area contributed by atoms with Crippen LogP contribution in [0.15, 0.2) is 57.5 Å². The summed E-state index contributed by atoms with van der Waals surface area (Å²) in [5.74, 6) is 0.921. The number of carbonyl (C=O) groups is 1. The highest BCUT2D eigenvalue weighted by molar-refractivity contribution is 7.99. The Balaban J connectivity index is 1.21. The number of likely N-dealkylation sites (tertiary alicyclic amines) is 1. The lowest BCUT2D eigenvalue weighted by atomic mass is 9.65. The molecule has 180 valence electrons. The molecule has 1 aliphatic carbocycles. The molecule has 3 aromatic heterocycles. The Morgan fingerprint density at radius 1 is 1.17 bits per heavy atom. The van der Waals surface area contributed by atoms with Crippen molar-refractivity contribution in [3.05, 3.63) is 47.8 Å². The minimum absolute atomic E-state index is 0.163. The maximum Gasteiger partial charge on any atom is 0.277 e. The van der Waals surface area contributed by atoms with Gasteiger partial charge in [0.15, 0.2) is 0 Å². The Morgan fingerprint density at radius 2 is 2.03 bits per heavy atom. The maximum absolute atomic E-state index is 13.2. The van der Waals surface area contributed by atoms with Gasteiger partial charge in [0.2, 0.25) is 11.8 Å². The monoisotopic (exact) mass is 504 g/mol. The third-order valence-corrected chi connectivity index (χ3v) is 8.88. The number of amides is 1. The van der Waals surface area contributed by atoms with Crippen molar-refractivity contribution < 1.29 is 9.21 Å². The number of nitrogens with zero attached hydrogens (tertiary/aromatic N) is 4. The second kappa shape index (κ2) is 8.45. The highest BCUT2D eigenvalue weighted by atomic mass is 32.2. The number of thioether (sulfide) groups is 1. The van der Waals surface area contributed by atoms with Gasteiger partial charge in [-0.1, -0.05) is 56.8 Å². The highest BCUT2D eigenvalue weighted by Crippen LogP contribution is 2.52.